The van der Waals surface area contributed by atoms with Crippen molar-refractivity contribution >= 4 is 11.3 Å². The van der Waals surface area contributed by atoms with Gasteiger partial charge in [-0.3, -0.25) is 4.90 Å². The summed E-state index contributed by atoms with van der Waals surface area (Å²) < 4.78 is 39.1. The molecule has 4 heterocycles. The number of rotatable bonds is 4. The van der Waals surface area contributed by atoms with Crippen molar-refractivity contribution in [2.45, 2.75) is 25.7 Å². The summed E-state index contributed by atoms with van der Waals surface area (Å²) in [5.74, 6) is 0.627. The highest BCUT2D eigenvalue weighted by Gasteiger charge is 2.30. The largest absolute Gasteiger partial charge is 0.416 e. The minimum absolute atomic E-state index is 0.589. The van der Waals surface area contributed by atoms with E-state index in [1.807, 2.05) is 18.3 Å². The van der Waals surface area contributed by atoms with Crippen LogP contribution >= 0.6 is 11.3 Å². The van der Waals surface area contributed by atoms with Crippen molar-refractivity contribution in [2.24, 2.45) is 0 Å². The van der Waals surface area contributed by atoms with Crippen LogP contribution in [0, 0.1) is 0 Å². The van der Waals surface area contributed by atoms with Crippen LogP contribution in [-0.4, -0.2) is 31.4 Å². The van der Waals surface area contributed by atoms with Crippen molar-refractivity contribution in [3.8, 4) is 21.8 Å². The first-order chi connectivity index (χ1) is 15.5. The maximum Gasteiger partial charge on any atom is 0.416 e. The fourth-order valence-corrected chi connectivity index (χ4v) is 4.80. The van der Waals surface area contributed by atoms with E-state index in [1.165, 1.54) is 29.8 Å². The van der Waals surface area contributed by atoms with Gasteiger partial charge < -0.3 is 0 Å². The third kappa shape index (κ3) is 4.39. The van der Waals surface area contributed by atoms with Gasteiger partial charge in [0.15, 0.2) is 5.82 Å². The van der Waals surface area contributed by atoms with Gasteiger partial charge in [0.2, 0.25) is 0 Å². The molecule has 0 fully saturated rings. The lowest BCUT2D eigenvalue weighted by atomic mass is 10.1. The fourth-order valence-electron chi connectivity index (χ4n) is 3.75. The van der Waals surface area contributed by atoms with E-state index in [9.17, 15) is 13.2 Å². The summed E-state index contributed by atoms with van der Waals surface area (Å²) in [5.41, 5.74) is 2.88. The van der Waals surface area contributed by atoms with Crippen LogP contribution in [0.5, 0.6) is 0 Å². The van der Waals surface area contributed by atoms with Crippen molar-refractivity contribution in [2.75, 3.05) is 6.54 Å². The summed E-state index contributed by atoms with van der Waals surface area (Å²) >= 11 is 1.53. The maximum atomic E-state index is 13.0. The van der Waals surface area contributed by atoms with Gasteiger partial charge in [-0.25, -0.2) is 19.9 Å². The fraction of sp³-hybridized carbons (Fsp3) is 0.217. The van der Waals surface area contributed by atoms with E-state index in [4.69, 9.17) is 0 Å². The molecule has 3 aromatic heterocycles. The first kappa shape index (κ1) is 20.7. The Kier molecular flexibility index (Phi) is 5.44. The first-order valence-electron chi connectivity index (χ1n) is 10.0. The Morgan fingerprint density at radius 1 is 1.00 bits per heavy atom. The second kappa shape index (κ2) is 8.40. The van der Waals surface area contributed by atoms with Crippen molar-refractivity contribution in [1.82, 2.24) is 24.8 Å². The molecule has 0 spiro atoms. The van der Waals surface area contributed by atoms with Gasteiger partial charge in [0.1, 0.15) is 6.33 Å². The topological polar surface area (TPSA) is 54.8 Å². The molecular weight excluding hydrogens is 435 g/mol. The maximum absolute atomic E-state index is 13.0. The summed E-state index contributed by atoms with van der Waals surface area (Å²) in [5, 5.41) is 0. The highest BCUT2D eigenvalue weighted by Crippen LogP contribution is 2.35. The predicted octanol–water partition coefficient (Wildman–Crippen LogP) is 5.24. The average molecular weight is 453 g/mol. The number of aromatic nitrogens is 4. The molecule has 9 heteroatoms. The molecule has 0 unspecified atom stereocenters. The summed E-state index contributed by atoms with van der Waals surface area (Å²) in [7, 11) is 0. The molecule has 0 radical (unpaired) electrons. The zero-order chi connectivity index (χ0) is 22.1. The normalized spacial score (nSPS) is 14.3. The van der Waals surface area contributed by atoms with Gasteiger partial charge in [-0.05, 0) is 29.8 Å². The molecule has 1 aromatic carbocycles. The van der Waals surface area contributed by atoms with Crippen LogP contribution in [0.2, 0.25) is 0 Å². The Morgan fingerprint density at radius 3 is 2.66 bits per heavy atom. The number of fused-ring (bicyclic) bond motifs is 1. The highest BCUT2D eigenvalue weighted by molar-refractivity contribution is 7.15. The van der Waals surface area contributed by atoms with Gasteiger partial charge in [0, 0.05) is 60.0 Å². The molecule has 5 rings (SSSR count). The second-order valence-corrected chi connectivity index (χ2v) is 8.77. The Labute approximate surface area is 186 Å². The van der Waals surface area contributed by atoms with Gasteiger partial charge >= 0.3 is 6.18 Å². The number of benzene rings is 1. The number of hydrogen-bond donors (Lipinski definition) is 0. The van der Waals surface area contributed by atoms with Crippen molar-refractivity contribution in [3.63, 3.8) is 0 Å². The minimum Gasteiger partial charge on any atom is -0.293 e. The van der Waals surface area contributed by atoms with E-state index in [-0.39, 0.29) is 0 Å². The molecule has 0 bridgehead atoms. The zero-order valence-electron chi connectivity index (χ0n) is 16.9. The molecule has 1 aliphatic rings. The molecule has 5 nitrogen and oxygen atoms in total. The van der Waals surface area contributed by atoms with E-state index >= 15 is 0 Å². The smallest absolute Gasteiger partial charge is 0.293 e. The zero-order valence-corrected chi connectivity index (χ0v) is 17.7. The van der Waals surface area contributed by atoms with Crippen LogP contribution < -0.4 is 0 Å². The van der Waals surface area contributed by atoms with Crippen molar-refractivity contribution in [1.29, 1.82) is 0 Å². The molecule has 0 atom stereocenters. The molecule has 0 saturated heterocycles. The Hall–Kier alpha value is -3.17. The summed E-state index contributed by atoms with van der Waals surface area (Å²) in [4.78, 5) is 21.4. The molecule has 162 valence electrons. The van der Waals surface area contributed by atoms with E-state index in [0.29, 0.717) is 11.4 Å². The minimum atomic E-state index is -4.34. The van der Waals surface area contributed by atoms with Crippen molar-refractivity contribution in [3.05, 3.63) is 83.0 Å². The summed E-state index contributed by atoms with van der Waals surface area (Å²) in [6, 6.07) is 9.36. The van der Waals surface area contributed by atoms with Gasteiger partial charge in [-0.15, -0.1) is 11.3 Å². The summed E-state index contributed by atoms with van der Waals surface area (Å²) in [6.07, 6.45) is 3.20. The van der Waals surface area contributed by atoms with Gasteiger partial charge in [0.25, 0.3) is 0 Å². The number of hydrogen-bond acceptors (Lipinski definition) is 6. The van der Waals surface area contributed by atoms with Gasteiger partial charge in [-0.2, -0.15) is 13.2 Å². The van der Waals surface area contributed by atoms with E-state index in [2.05, 4.69) is 24.8 Å². The Morgan fingerprint density at radius 2 is 1.84 bits per heavy atom. The van der Waals surface area contributed by atoms with Crippen LogP contribution in [0.3, 0.4) is 0 Å². The number of thiophene rings is 1. The number of nitrogens with zero attached hydrogens (tertiary/aromatic N) is 5. The number of alkyl halides is 3. The lowest BCUT2D eigenvalue weighted by molar-refractivity contribution is -0.137. The van der Waals surface area contributed by atoms with Crippen LogP contribution in [0.4, 0.5) is 13.2 Å². The molecule has 0 saturated carbocycles. The average Bonchev–Trinajstić information content (AvgIpc) is 3.27. The molecule has 32 heavy (non-hydrogen) atoms. The van der Waals surface area contributed by atoms with Gasteiger partial charge in [-0.1, -0.05) is 12.1 Å². The second-order valence-electron chi connectivity index (χ2n) is 7.60. The molecule has 0 aliphatic carbocycles. The van der Waals surface area contributed by atoms with E-state index < -0.39 is 11.7 Å². The Balaban J connectivity index is 1.29. The van der Waals surface area contributed by atoms with Crippen LogP contribution in [-0.2, 0) is 25.7 Å². The van der Waals surface area contributed by atoms with Gasteiger partial charge in [0.05, 0.1) is 16.8 Å². The first-order valence-corrected chi connectivity index (χ1v) is 10.9. The highest BCUT2D eigenvalue weighted by atomic mass is 32.1. The third-order valence-electron chi connectivity index (χ3n) is 5.35. The number of halogens is 3. The van der Waals surface area contributed by atoms with Crippen molar-refractivity contribution < 1.29 is 13.2 Å². The van der Waals surface area contributed by atoms with Crippen LogP contribution in [0.25, 0.3) is 21.8 Å². The molecular formula is C23H18F3N5S. The van der Waals surface area contributed by atoms with Crippen LogP contribution in [0.15, 0.2) is 61.3 Å². The molecule has 4 aromatic rings. The summed E-state index contributed by atoms with van der Waals surface area (Å²) in [6.45, 7) is 2.32. The molecule has 0 N–H and O–H groups in total. The third-order valence-corrected chi connectivity index (χ3v) is 6.47. The lowest BCUT2D eigenvalue weighted by Crippen LogP contribution is -2.30. The van der Waals surface area contributed by atoms with E-state index in [0.717, 1.165) is 58.7 Å². The van der Waals surface area contributed by atoms with E-state index in [1.54, 1.807) is 18.5 Å². The molecule has 1 aliphatic heterocycles. The standard InChI is InChI=1S/C23H18F3N5S/c24-23(25,26)18-3-1-2-15(8-18)21-5-4-19(32-21)13-31-7-6-20-17(12-31)11-29-22(30-20)16-9-27-14-28-10-16/h1-5,8-11,14H,6-7,12-13H2. The SMILES string of the molecule is FC(F)(F)c1cccc(-c2ccc(CN3CCc4nc(-c5cncnc5)ncc4C3)s2)c1. The lowest BCUT2D eigenvalue weighted by Gasteiger charge is -2.27. The quantitative estimate of drug-likeness (QED) is 0.423. The molecule has 0 amide bonds. The van der Waals surface area contributed by atoms with Crippen LogP contribution in [0.1, 0.15) is 21.7 Å². The monoisotopic (exact) mass is 453 g/mol. The predicted molar refractivity (Wildman–Crippen MR) is 116 cm³/mol. The Bertz CT molecular complexity index is 1240.